The van der Waals surface area contributed by atoms with Crippen molar-refractivity contribution < 1.29 is 22.8 Å². The lowest BCUT2D eigenvalue weighted by molar-refractivity contribution is 0.0735. The van der Waals surface area contributed by atoms with E-state index in [1.165, 1.54) is 18.2 Å². The van der Waals surface area contributed by atoms with Crippen molar-refractivity contribution in [2.24, 2.45) is 0 Å². The maximum absolute atomic E-state index is 13.2. The number of benzene rings is 3. The Hall–Kier alpha value is -3.98. The van der Waals surface area contributed by atoms with E-state index < -0.39 is 21.8 Å². The first-order valence-corrected chi connectivity index (χ1v) is 13.8. The van der Waals surface area contributed by atoms with E-state index in [-0.39, 0.29) is 34.0 Å². The van der Waals surface area contributed by atoms with Gasteiger partial charge < -0.3 is 10.2 Å². The summed E-state index contributed by atoms with van der Waals surface area (Å²) in [5.74, 6) is -1.09. The van der Waals surface area contributed by atoms with Crippen LogP contribution < -0.4 is 5.32 Å². The van der Waals surface area contributed by atoms with Crippen LogP contribution in [0.25, 0.3) is 0 Å². The number of hydrogen-bond acceptors (Lipinski definition) is 5. The molecule has 3 amide bonds. The zero-order valence-corrected chi connectivity index (χ0v) is 20.8. The molecule has 1 saturated heterocycles. The van der Waals surface area contributed by atoms with Crippen LogP contribution in [0.4, 0.5) is 5.69 Å². The molecule has 0 aromatic heterocycles. The molecule has 2 aliphatic heterocycles. The summed E-state index contributed by atoms with van der Waals surface area (Å²) in [6, 6.07) is 20.5. The van der Waals surface area contributed by atoms with Gasteiger partial charge in [0.1, 0.15) is 4.90 Å². The van der Waals surface area contributed by atoms with Gasteiger partial charge in [0.25, 0.3) is 27.7 Å². The van der Waals surface area contributed by atoms with Crippen molar-refractivity contribution in [1.29, 1.82) is 0 Å². The summed E-state index contributed by atoms with van der Waals surface area (Å²) < 4.78 is 26.7. The van der Waals surface area contributed by atoms with Gasteiger partial charge in [-0.05, 0) is 73.7 Å². The first kappa shape index (κ1) is 23.4. The number of carbonyl (C=O) groups is 3. The van der Waals surface area contributed by atoms with Crippen LogP contribution in [-0.2, 0) is 10.0 Å². The van der Waals surface area contributed by atoms with Crippen molar-refractivity contribution in [2.75, 3.05) is 11.9 Å². The van der Waals surface area contributed by atoms with Gasteiger partial charge in [-0.25, -0.2) is 12.7 Å². The Labute approximate surface area is 214 Å². The van der Waals surface area contributed by atoms with Gasteiger partial charge >= 0.3 is 0 Å². The predicted molar refractivity (Wildman–Crippen MR) is 137 cm³/mol. The maximum atomic E-state index is 13.2. The van der Waals surface area contributed by atoms with Gasteiger partial charge in [0.05, 0.1) is 11.6 Å². The van der Waals surface area contributed by atoms with Gasteiger partial charge in [-0.2, -0.15) is 0 Å². The lowest BCUT2D eigenvalue weighted by atomic mass is 10.0. The first-order valence-electron chi connectivity index (χ1n) is 12.3. The van der Waals surface area contributed by atoms with E-state index in [1.54, 1.807) is 24.3 Å². The van der Waals surface area contributed by atoms with Crippen molar-refractivity contribution >= 4 is 33.4 Å². The highest BCUT2D eigenvalue weighted by Crippen LogP contribution is 2.40. The van der Waals surface area contributed by atoms with Crippen LogP contribution in [0.3, 0.4) is 0 Å². The minimum Gasteiger partial charge on any atom is -0.332 e. The number of fused-ring (bicyclic) bond motifs is 1. The van der Waals surface area contributed by atoms with Gasteiger partial charge in [-0.1, -0.05) is 30.3 Å². The molecule has 3 aromatic rings. The molecule has 1 atom stereocenters. The van der Waals surface area contributed by atoms with Crippen LogP contribution in [0.15, 0.2) is 77.7 Å². The maximum Gasteiger partial charge on any atom is 0.269 e. The summed E-state index contributed by atoms with van der Waals surface area (Å²) in [6.45, 7) is 0.693. The minimum atomic E-state index is -3.95. The Balaban J connectivity index is 1.17. The number of anilines is 1. The summed E-state index contributed by atoms with van der Waals surface area (Å²) in [6.07, 6.45) is 3.19. The number of likely N-dealkylation sites (tertiary alicyclic amines) is 1. The number of sulfonamides is 1. The second-order valence-electron chi connectivity index (χ2n) is 9.65. The van der Waals surface area contributed by atoms with Crippen LogP contribution in [0.1, 0.15) is 68.4 Å². The molecule has 9 heteroatoms. The van der Waals surface area contributed by atoms with Crippen molar-refractivity contribution in [1.82, 2.24) is 9.21 Å². The lowest BCUT2D eigenvalue weighted by Gasteiger charge is -2.25. The van der Waals surface area contributed by atoms with E-state index in [9.17, 15) is 22.8 Å². The Bertz CT molecular complexity index is 1520. The molecule has 8 nitrogen and oxygen atoms in total. The average Bonchev–Trinajstić information content (AvgIpc) is 3.56. The molecule has 37 heavy (non-hydrogen) atoms. The summed E-state index contributed by atoms with van der Waals surface area (Å²) in [4.78, 5) is 40.4. The molecule has 2 fully saturated rings. The van der Waals surface area contributed by atoms with Gasteiger partial charge in [0.15, 0.2) is 0 Å². The molecule has 188 valence electrons. The molecule has 0 spiro atoms. The molecule has 1 saturated carbocycles. The molecule has 6 rings (SSSR count). The first-order chi connectivity index (χ1) is 17.8. The number of amides is 3. The highest BCUT2D eigenvalue weighted by atomic mass is 32.2. The van der Waals surface area contributed by atoms with Gasteiger partial charge in [-0.3, -0.25) is 14.4 Å². The van der Waals surface area contributed by atoms with E-state index in [1.807, 2.05) is 35.2 Å². The molecule has 1 aliphatic carbocycles. The highest BCUT2D eigenvalue weighted by molar-refractivity contribution is 7.90. The summed E-state index contributed by atoms with van der Waals surface area (Å²) in [5, 5.41) is 2.75. The SMILES string of the molecule is O=C(Nc1ccc(C(=O)N2CCCC2c2ccccc2)cc1)c1ccc2c(c1)S(=O)(=O)N(C1CC1)C2=O. The topological polar surface area (TPSA) is 104 Å². The second kappa shape index (κ2) is 8.85. The highest BCUT2D eigenvalue weighted by Gasteiger charge is 2.48. The Morgan fingerprint density at radius 2 is 1.57 bits per heavy atom. The summed E-state index contributed by atoms with van der Waals surface area (Å²) in [7, 11) is -3.95. The van der Waals surface area contributed by atoms with E-state index in [4.69, 9.17) is 0 Å². The van der Waals surface area contributed by atoms with Crippen molar-refractivity contribution in [2.45, 2.75) is 42.7 Å². The van der Waals surface area contributed by atoms with Crippen LogP contribution >= 0.6 is 0 Å². The third kappa shape index (κ3) is 4.09. The van der Waals surface area contributed by atoms with Gasteiger partial charge in [0.2, 0.25) is 0 Å². The molecule has 2 heterocycles. The summed E-state index contributed by atoms with van der Waals surface area (Å²) in [5.41, 5.74) is 2.36. The predicted octanol–water partition coefficient (Wildman–Crippen LogP) is 4.22. The van der Waals surface area contributed by atoms with Gasteiger partial charge in [0, 0.05) is 29.4 Å². The summed E-state index contributed by atoms with van der Waals surface area (Å²) >= 11 is 0. The zero-order valence-electron chi connectivity index (χ0n) is 20.0. The Morgan fingerprint density at radius 1 is 0.865 bits per heavy atom. The average molecular weight is 516 g/mol. The van der Waals surface area contributed by atoms with E-state index in [0.717, 1.165) is 22.7 Å². The fraction of sp³-hybridized carbons (Fsp3) is 0.250. The van der Waals surface area contributed by atoms with Crippen LogP contribution in [0, 0.1) is 0 Å². The molecule has 3 aliphatic rings. The van der Waals surface area contributed by atoms with Crippen molar-refractivity contribution in [3.05, 3.63) is 95.1 Å². The number of nitrogens with one attached hydrogen (secondary N) is 1. The molecule has 3 aromatic carbocycles. The third-order valence-electron chi connectivity index (χ3n) is 7.18. The van der Waals surface area contributed by atoms with Crippen LogP contribution in [-0.4, -0.2) is 47.9 Å². The standard InChI is InChI=1S/C28H25N3O5S/c32-26(20-10-15-23-25(17-20)37(35,36)31(28(23)34)22-13-14-22)29-21-11-8-19(9-12-21)27(33)30-16-4-7-24(30)18-5-2-1-3-6-18/h1-3,5-6,8-12,15,17,22,24H,4,7,13-14,16H2,(H,29,32). The fourth-order valence-corrected chi connectivity index (χ4v) is 7.00. The Morgan fingerprint density at radius 3 is 2.27 bits per heavy atom. The number of hydrogen-bond donors (Lipinski definition) is 1. The molecular formula is C28H25N3O5S. The smallest absolute Gasteiger partial charge is 0.269 e. The quantitative estimate of drug-likeness (QED) is 0.548. The number of carbonyl (C=O) groups excluding carboxylic acids is 3. The largest absolute Gasteiger partial charge is 0.332 e. The lowest BCUT2D eigenvalue weighted by Crippen LogP contribution is -2.31. The third-order valence-corrected chi connectivity index (χ3v) is 9.05. The zero-order chi connectivity index (χ0) is 25.7. The molecule has 1 unspecified atom stereocenters. The fourth-order valence-electron chi connectivity index (χ4n) is 5.16. The van der Waals surface area contributed by atoms with E-state index in [0.29, 0.717) is 30.6 Å². The molecule has 0 radical (unpaired) electrons. The van der Waals surface area contributed by atoms with Crippen molar-refractivity contribution in [3.63, 3.8) is 0 Å². The van der Waals surface area contributed by atoms with E-state index >= 15 is 0 Å². The van der Waals surface area contributed by atoms with Crippen LogP contribution in [0.2, 0.25) is 0 Å². The molecular weight excluding hydrogens is 490 g/mol. The number of rotatable bonds is 5. The normalized spacial score (nSPS) is 20.1. The van der Waals surface area contributed by atoms with Crippen LogP contribution in [0.5, 0.6) is 0 Å². The monoisotopic (exact) mass is 515 g/mol. The minimum absolute atomic E-state index is 0.0480. The molecule has 0 bridgehead atoms. The second-order valence-corrected chi connectivity index (χ2v) is 11.4. The van der Waals surface area contributed by atoms with E-state index in [2.05, 4.69) is 5.32 Å². The Kier molecular flexibility index (Phi) is 5.60. The van der Waals surface area contributed by atoms with Gasteiger partial charge in [-0.15, -0.1) is 0 Å². The number of nitrogens with zero attached hydrogens (tertiary/aromatic N) is 2. The molecule has 1 N–H and O–H groups in total. The van der Waals surface area contributed by atoms with Crippen molar-refractivity contribution in [3.8, 4) is 0 Å².